The molecule has 9 aromatic carbocycles. The molecule has 0 aliphatic rings. The molecule has 3 heteroatoms. The minimum Gasteiger partial charge on any atom is -0.456 e. The van der Waals surface area contributed by atoms with Crippen molar-refractivity contribution in [2.45, 2.75) is 0 Å². The Kier molecular flexibility index (Phi) is 7.39. The van der Waals surface area contributed by atoms with Crippen LogP contribution in [-0.4, -0.2) is 0 Å². The Hall–Kier alpha value is -6.94. The number of fused-ring (bicyclic) bond motifs is 7. The zero-order valence-electron chi connectivity index (χ0n) is 29.8. The van der Waals surface area contributed by atoms with E-state index in [4.69, 9.17) is 4.42 Å². The lowest BCUT2D eigenvalue weighted by molar-refractivity contribution is 0.669. The summed E-state index contributed by atoms with van der Waals surface area (Å²) < 4.78 is 9.09. The number of hydrogen-bond donors (Lipinski definition) is 0. The summed E-state index contributed by atoms with van der Waals surface area (Å²) in [6.45, 7) is 0. The fraction of sp³-hybridized carbons (Fsp3) is 0. The second kappa shape index (κ2) is 12.9. The second-order valence-electron chi connectivity index (χ2n) is 14.1. The standard InChI is InChI=1S/C52H33NOS/c1-2-13-35-30-39(27-26-34(35)12-1)42-18-3-6-23-48(42)53(41-28-29-45-44-19-4-7-24-49(44)54-50(45)33-41)40-17-10-15-37(32-40)36-14-9-16-38(31-36)43-21-11-22-47-46-20-5-8-25-51(46)55-52(43)47/h1-33H. The zero-order valence-corrected chi connectivity index (χ0v) is 30.6. The first-order valence-electron chi connectivity index (χ1n) is 18.7. The van der Waals surface area contributed by atoms with E-state index >= 15 is 0 Å². The molecular formula is C52H33NOS. The Bertz CT molecular complexity index is 3240. The lowest BCUT2D eigenvalue weighted by Gasteiger charge is -2.28. The van der Waals surface area contributed by atoms with Gasteiger partial charge in [-0.25, -0.2) is 0 Å². The number of thiophene rings is 1. The Labute approximate surface area is 322 Å². The summed E-state index contributed by atoms with van der Waals surface area (Å²) in [5.41, 5.74) is 12.1. The van der Waals surface area contributed by atoms with Crippen LogP contribution in [0, 0.1) is 0 Å². The maximum atomic E-state index is 6.45. The number of furan rings is 1. The predicted molar refractivity (Wildman–Crippen MR) is 235 cm³/mol. The summed E-state index contributed by atoms with van der Waals surface area (Å²) in [7, 11) is 0. The number of para-hydroxylation sites is 2. The average molecular weight is 720 g/mol. The van der Waals surface area contributed by atoms with Crippen molar-refractivity contribution in [3.63, 3.8) is 0 Å². The van der Waals surface area contributed by atoms with Gasteiger partial charge in [0.15, 0.2) is 0 Å². The molecule has 0 amide bonds. The number of rotatable bonds is 6. The molecule has 11 rings (SSSR count). The highest BCUT2D eigenvalue weighted by atomic mass is 32.1. The second-order valence-corrected chi connectivity index (χ2v) is 15.2. The smallest absolute Gasteiger partial charge is 0.137 e. The minimum absolute atomic E-state index is 0.867. The van der Waals surface area contributed by atoms with Gasteiger partial charge in [-0.3, -0.25) is 0 Å². The van der Waals surface area contributed by atoms with Crippen LogP contribution in [0.15, 0.2) is 205 Å². The highest BCUT2D eigenvalue weighted by molar-refractivity contribution is 7.26. The lowest BCUT2D eigenvalue weighted by Crippen LogP contribution is -2.11. The van der Waals surface area contributed by atoms with E-state index in [0.29, 0.717) is 0 Å². The first-order valence-corrected chi connectivity index (χ1v) is 19.5. The first-order chi connectivity index (χ1) is 27.2. The van der Waals surface area contributed by atoms with Gasteiger partial charge in [-0.05, 0) is 93.2 Å². The molecule has 2 aromatic heterocycles. The molecule has 258 valence electrons. The minimum atomic E-state index is 0.867. The molecule has 0 saturated carbocycles. The van der Waals surface area contributed by atoms with E-state index in [2.05, 4.69) is 193 Å². The topological polar surface area (TPSA) is 16.4 Å². The summed E-state index contributed by atoms with van der Waals surface area (Å²) >= 11 is 1.87. The molecule has 0 spiro atoms. The van der Waals surface area contributed by atoms with Crippen LogP contribution in [0.25, 0.3) is 86.3 Å². The molecule has 0 atom stereocenters. The van der Waals surface area contributed by atoms with E-state index in [-0.39, 0.29) is 0 Å². The quantitative estimate of drug-likeness (QED) is 0.170. The van der Waals surface area contributed by atoms with Crippen LogP contribution in [0.4, 0.5) is 17.1 Å². The van der Waals surface area contributed by atoms with Crippen LogP contribution in [0.5, 0.6) is 0 Å². The first kappa shape index (κ1) is 31.6. The van der Waals surface area contributed by atoms with E-state index < -0.39 is 0 Å². The van der Waals surface area contributed by atoms with E-state index in [9.17, 15) is 0 Å². The Balaban J connectivity index is 1.07. The summed E-state index contributed by atoms with van der Waals surface area (Å²) in [5.74, 6) is 0. The van der Waals surface area contributed by atoms with E-state index in [1.807, 2.05) is 23.5 Å². The van der Waals surface area contributed by atoms with Gasteiger partial charge < -0.3 is 9.32 Å². The third-order valence-electron chi connectivity index (χ3n) is 10.8. The molecule has 0 fully saturated rings. The molecule has 11 aromatic rings. The number of hydrogen-bond acceptors (Lipinski definition) is 3. The van der Waals surface area contributed by atoms with Crippen molar-refractivity contribution >= 4 is 81.3 Å². The van der Waals surface area contributed by atoms with Gasteiger partial charge in [0.25, 0.3) is 0 Å². The van der Waals surface area contributed by atoms with Gasteiger partial charge >= 0.3 is 0 Å². The van der Waals surface area contributed by atoms with Gasteiger partial charge in [-0.2, -0.15) is 0 Å². The maximum absolute atomic E-state index is 6.45. The van der Waals surface area contributed by atoms with Crippen molar-refractivity contribution < 1.29 is 4.42 Å². The van der Waals surface area contributed by atoms with Gasteiger partial charge in [-0.1, -0.05) is 140 Å². The van der Waals surface area contributed by atoms with Crippen LogP contribution in [0.1, 0.15) is 0 Å². The largest absolute Gasteiger partial charge is 0.456 e. The van der Waals surface area contributed by atoms with Gasteiger partial charge in [0.1, 0.15) is 11.2 Å². The number of benzene rings is 9. The molecule has 55 heavy (non-hydrogen) atoms. The van der Waals surface area contributed by atoms with Crippen molar-refractivity contribution in [1.82, 2.24) is 0 Å². The fourth-order valence-electron chi connectivity index (χ4n) is 8.22. The fourth-order valence-corrected chi connectivity index (χ4v) is 9.45. The molecule has 0 radical (unpaired) electrons. The van der Waals surface area contributed by atoms with Crippen molar-refractivity contribution in [2.24, 2.45) is 0 Å². The molecule has 0 N–H and O–H groups in total. The summed E-state index contributed by atoms with van der Waals surface area (Å²) in [6, 6.07) is 72.2. The monoisotopic (exact) mass is 719 g/mol. The third kappa shape index (κ3) is 5.40. The lowest BCUT2D eigenvalue weighted by atomic mass is 9.96. The molecular weight excluding hydrogens is 687 g/mol. The highest BCUT2D eigenvalue weighted by Crippen LogP contribution is 2.45. The van der Waals surface area contributed by atoms with Crippen LogP contribution in [-0.2, 0) is 0 Å². The van der Waals surface area contributed by atoms with Crippen LogP contribution >= 0.6 is 11.3 Å². The highest BCUT2D eigenvalue weighted by Gasteiger charge is 2.20. The maximum Gasteiger partial charge on any atom is 0.137 e. The molecule has 2 heterocycles. The molecule has 2 nitrogen and oxygen atoms in total. The van der Waals surface area contributed by atoms with Gasteiger partial charge in [0.05, 0.1) is 5.69 Å². The molecule has 0 bridgehead atoms. The summed E-state index contributed by atoms with van der Waals surface area (Å²) in [6.07, 6.45) is 0. The Morgan fingerprint density at radius 2 is 1.02 bits per heavy atom. The van der Waals surface area contributed by atoms with Crippen LogP contribution in [0.3, 0.4) is 0 Å². The molecule has 0 aliphatic heterocycles. The van der Waals surface area contributed by atoms with Crippen LogP contribution < -0.4 is 4.90 Å². The van der Waals surface area contributed by atoms with Crippen molar-refractivity contribution in [2.75, 3.05) is 4.90 Å². The number of nitrogens with zero attached hydrogens (tertiary/aromatic N) is 1. The summed E-state index contributed by atoms with van der Waals surface area (Å²) in [5, 5.41) is 7.32. The van der Waals surface area contributed by atoms with Gasteiger partial charge in [-0.15, -0.1) is 11.3 Å². The predicted octanol–water partition coefficient (Wildman–Crippen LogP) is 15.6. The van der Waals surface area contributed by atoms with E-state index in [1.54, 1.807) is 0 Å². The zero-order chi connectivity index (χ0) is 36.3. The van der Waals surface area contributed by atoms with Crippen LogP contribution in [0.2, 0.25) is 0 Å². The van der Waals surface area contributed by atoms with Crippen molar-refractivity contribution in [3.05, 3.63) is 200 Å². The molecule has 0 saturated heterocycles. The van der Waals surface area contributed by atoms with Crippen molar-refractivity contribution in [1.29, 1.82) is 0 Å². The summed E-state index contributed by atoms with van der Waals surface area (Å²) in [4.78, 5) is 2.38. The Morgan fingerprint density at radius 3 is 1.96 bits per heavy atom. The van der Waals surface area contributed by atoms with Gasteiger partial charge in [0, 0.05) is 53.9 Å². The van der Waals surface area contributed by atoms with Gasteiger partial charge in [0.2, 0.25) is 0 Å². The molecule has 0 aliphatic carbocycles. The normalized spacial score (nSPS) is 11.6. The van der Waals surface area contributed by atoms with E-state index in [0.717, 1.165) is 50.1 Å². The average Bonchev–Trinajstić information content (AvgIpc) is 3.82. The van der Waals surface area contributed by atoms with Crippen molar-refractivity contribution in [3.8, 4) is 33.4 Å². The Morgan fingerprint density at radius 1 is 0.364 bits per heavy atom. The van der Waals surface area contributed by atoms with E-state index in [1.165, 1.54) is 53.2 Å². The SMILES string of the molecule is c1cc(-c2cccc(N(c3ccc4c(c3)oc3ccccc34)c3ccccc3-c3ccc4ccccc4c3)c2)cc(-c2cccc3c2sc2ccccc23)c1. The third-order valence-corrected chi connectivity index (χ3v) is 12.1. The number of anilines is 3. The molecule has 0 unspecified atom stereocenters.